The molecule has 0 unspecified atom stereocenters. The lowest BCUT2D eigenvalue weighted by atomic mass is 10.3. The Bertz CT molecular complexity index is 672. The van der Waals surface area contributed by atoms with Crippen molar-refractivity contribution in [3.63, 3.8) is 0 Å². The zero-order chi connectivity index (χ0) is 13.4. The maximum Gasteiger partial charge on any atom is 0.273 e. The summed E-state index contributed by atoms with van der Waals surface area (Å²) < 4.78 is 0. The van der Waals surface area contributed by atoms with Gasteiger partial charge in [-0.2, -0.15) is 0 Å². The van der Waals surface area contributed by atoms with Crippen LogP contribution in [0.25, 0.3) is 6.08 Å². The van der Waals surface area contributed by atoms with Gasteiger partial charge in [0.15, 0.2) is 10.3 Å². The molecule has 96 valence electrons. The van der Waals surface area contributed by atoms with Crippen LogP contribution in [0.3, 0.4) is 0 Å². The molecule has 0 radical (unpaired) electrons. The molecule has 7 heteroatoms. The molecule has 0 aromatic carbocycles. The second kappa shape index (κ2) is 4.92. The Morgan fingerprint density at radius 3 is 2.84 bits per heavy atom. The highest BCUT2D eigenvalue weighted by atomic mass is 32.2. The van der Waals surface area contributed by atoms with Crippen LogP contribution in [0.4, 0.5) is 5.13 Å². The molecule has 0 spiro atoms. The smallest absolute Gasteiger partial charge is 0.273 e. The number of nitrogens with zero attached hydrogens (tertiary/aromatic N) is 2. The lowest BCUT2D eigenvalue weighted by Gasteiger charge is -2.08. The molecule has 19 heavy (non-hydrogen) atoms. The van der Waals surface area contributed by atoms with Crippen molar-refractivity contribution < 1.29 is 4.79 Å². The molecule has 1 aliphatic rings. The van der Waals surface area contributed by atoms with Gasteiger partial charge in [-0.3, -0.25) is 10.2 Å². The number of anilines is 1. The highest BCUT2D eigenvalue weighted by Crippen LogP contribution is 2.36. The van der Waals surface area contributed by atoms with Gasteiger partial charge < -0.3 is 0 Å². The van der Waals surface area contributed by atoms with E-state index in [1.54, 1.807) is 22.9 Å². The van der Waals surface area contributed by atoms with E-state index in [0.717, 1.165) is 10.4 Å². The van der Waals surface area contributed by atoms with Crippen LogP contribution in [0.1, 0.15) is 10.4 Å². The number of thiazole rings is 1. The van der Waals surface area contributed by atoms with Gasteiger partial charge in [0.2, 0.25) is 0 Å². The zero-order valence-electron chi connectivity index (χ0n) is 9.91. The molecule has 2 aromatic rings. The molecule has 1 amide bonds. The molecule has 1 N–H and O–H groups in total. The monoisotopic (exact) mass is 307 g/mol. The second-order valence-corrected chi connectivity index (χ2v) is 6.69. The van der Waals surface area contributed by atoms with Gasteiger partial charge in [-0.05, 0) is 41.8 Å². The van der Waals surface area contributed by atoms with E-state index in [1.807, 2.05) is 24.4 Å². The minimum absolute atomic E-state index is 0.169. The zero-order valence-corrected chi connectivity index (χ0v) is 12.4. The van der Waals surface area contributed by atoms with Crippen molar-refractivity contribution in [1.82, 2.24) is 4.98 Å². The third-order valence-electron chi connectivity index (χ3n) is 2.60. The number of aromatic nitrogens is 1. The Balaban J connectivity index is 1.95. The van der Waals surface area contributed by atoms with Crippen molar-refractivity contribution in [2.45, 2.75) is 6.92 Å². The van der Waals surface area contributed by atoms with Crippen molar-refractivity contribution in [3.8, 4) is 0 Å². The summed E-state index contributed by atoms with van der Waals surface area (Å²) in [5.74, 6) is -0.169. The van der Waals surface area contributed by atoms with Crippen molar-refractivity contribution >= 4 is 56.7 Å². The molecule has 0 saturated carbocycles. The molecule has 4 nitrogen and oxygen atoms in total. The molecule has 0 atom stereocenters. The summed E-state index contributed by atoms with van der Waals surface area (Å²) in [5.41, 5.74) is 1.14. The fourth-order valence-electron chi connectivity index (χ4n) is 1.64. The fourth-order valence-corrected chi connectivity index (χ4v) is 4.10. The lowest BCUT2D eigenvalue weighted by molar-refractivity contribution is -0.113. The number of carbonyl (C=O) groups excluding carboxylic acids is 1. The van der Waals surface area contributed by atoms with Gasteiger partial charge in [0.25, 0.3) is 5.91 Å². The summed E-state index contributed by atoms with van der Waals surface area (Å²) in [6.07, 6.45) is 3.49. The van der Waals surface area contributed by atoms with E-state index < -0.39 is 0 Å². The van der Waals surface area contributed by atoms with Crippen LogP contribution < -0.4 is 4.90 Å². The molecule has 0 bridgehead atoms. The van der Waals surface area contributed by atoms with Crippen LogP contribution >= 0.6 is 34.4 Å². The Hall–Kier alpha value is -1.44. The predicted octanol–water partition coefficient (Wildman–Crippen LogP) is 3.57. The maximum atomic E-state index is 12.3. The predicted molar refractivity (Wildman–Crippen MR) is 82.0 cm³/mol. The summed E-state index contributed by atoms with van der Waals surface area (Å²) in [6, 6.07) is 2.02. The average Bonchev–Trinajstić information content (AvgIpc) is 3.05. The van der Waals surface area contributed by atoms with E-state index >= 15 is 0 Å². The van der Waals surface area contributed by atoms with Crippen LogP contribution in [0, 0.1) is 12.3 Å². The summed E-state index contributed by atoms with van der Waals surface area (Å²) >= 11 is 4.13. The van der Waals surface area contributed by atoms with Gasteiger partial charge >= 0.3 is 0 Å². The fraction of sp³-hybridized carbons (Fsp3) is 0.0833. The Labute approximate surface area is 122 Å². The molecular weight excluding hydrogens is 298 g/mol. The number of nitrogens with one attached hydrogen (secondary N) is 1. The molecule has 3 heterocycles. The first-order valence-corrected chi connectivity index (χ1v) is 8.00. The Morgan fingerprint density at radius 1 is 1.37 bits per heavy atom. The van der Waals surface area contributed by atoms with Gasteiger partial charge in [-0.1, -0.05) is 0 Å². The van der Waals surface area contributed by atoms with Crippen molar-refractivity contribution in [1.29, 1.82) is 5.41 Å². The highest BCUT2D eigenvalue weighted by molar-refractivity contribution is 8.19. The van der Waals surface area contributed by atoms with E-state index in [0.29, 0.717) is 10.0 Å². The first-order chi connectivity index (χ1) is 9.16. The van der Waals surface area contributed by atoms with Gasteiger partial charge in [-0.25, -0.2) is 9.88 Å². The van der Waals surface area contributed by atoms with E-state index in [9.17, 15) is 4.79 Å². The standard InChI is InChI=1S/C12H9N3OS3/c1-7-2-4-17-8(7)6-9-10(16)15(11(13)19-9)12-14-3-5-18-12/h2-6,13H,1H3/b9-6-,13-11?. The molecule has 1 aliphatic heterocycles. The van der Waals surface area contributed by atoms with Crippen molar-refractivity contribution in [3.05, 3.63) is 38.4 Å². The Morgan fingerprint density at radius 2 is 2.21 bits per heavy atom. The molecule has 3 rings (SSSR count). The van der Waals surface area contributed by atoms with E-state index in [-0.39, 0.29) is 11.1 Å². The number of amidine groups is 1. The Kier molecular flexibility index (Phi) is 3.26. The van der Waals surface area contributed by atoms with Gasteiger partial charge in [0.05, 0.1) is 4.91 Å². The third-order valence-corrected chi connectivity index (χ3v) is 5.21. The molecular formula is C12H9N3OS3. The first kappa shape index (κ1) is 12.6. The van der Waals surface area contributed by atoms with Crippen LogP contribution in [-0.4, -0.2) is 16.1 Å². The number of hydrogen-bond acceptors (Lipinski definition) is 6. The third kappa shape index (κ3) is 2.24. The van der Waals surface area contributed by atoms with Crippen LogP contribution in [0.15, 0.2) is 27.9 Å². The highest BCUT2D eigenvalue weighted by Gasteiger charge is 2.35. The van der Waals surface area contributed by atoms with Crippen LogP contribution in [0.2, 0.25) is 0 Å². The summed E-state index contributed by atoms with van der Waals surface area (Å²) in [4.78, 5) is 19.4. The number of thiophene rings is 1. The van der Waals surface area contributed by atoms with E-state index in [4.69, 9.17) is 5.41 Å². The topological polar surface area (TPSA) is 57.1 Å². The van der Waals surface area contributed by atoms with Gasteiger partial charge in [0, 0.05) is 16.5 Å². The summed E-state index contributed by atoms with van der Waals surface area (Å²) in [5, 5.41) is 12.5. The SMILES string of the molecule is Cc1ccsc1/C=C1\SC(=N)N(c2nccs2)C1=O. The number of carbonyl (C=O) groups is 1. The average molecular weight is 307 g/mol. The summed E-state index contributed by atoms with van der Waals surface area (Å²) in [7, 11) is 0. The molecule has 0 aliphatic carbocycles. The number of amides is 1. The largest absolute Gasteiger partial charge is 0.278 e. The molecule has 2 aromatic heterocycles. The van der Waals surface area contributed by atoms with E-state index in [2.05, 4.69) is 4.98 Å². The number of rotatable bonds is 2. The van der Waals surface area contributed by atoms with Gasteiger partial charge in [-0.15, -0.1) is 22.7 Å². The van der Waals surface area contributed by atoms with Crippen molar-refractivity contribution in [2.24, 2.45) is 0 Å². The van der Waals surface area contributed by atoms with Crippen LogP contribution in [0.5, 0.6) is 0 Å². The van der Waals surface area contributed by atoms with Crippen molar-refractivity contribution in [2.75, 3.05) is 4.90 Å². The normalized spacial score (nSPS) is 17.7. The minimum atomic E-state index is -0.169. The quantitative estimate of drug-likeness (QED) is 0.863. The minimum Gasteiger partial charge on any atom is -0.278 e. The number of aryl methyl sites for hydroxylation is 1. The summed E-state index contributed by atoms with van der Waals surface area (Å²) in [6.45, 7) is 2.01. The first-order valence-electron chi connectivity index (χ1n) is 5.43. The molecule has 1 fully saturated rings. The van der Waals surface area contributed by atoms with Crippen LogP contribution in [-0.2, 0) is 4.79 Å². The number of thioether (sulfide) groups is 1. The van der Waals surface area contributed by atoms with E-state index in [1.165, 1.54) is 28.0 Å². The lowest BCUT2D eigenvalue weighted by Crippen LogP contribution is -2.27. The molecule has 1 saturated heterocycles. The van der Waals surface area contributed by atoms with Gasteiger partial charge in [0.1, 0.15) is 0 Å². The second-order valence-electron chi connectivity index (χ2n) is 3.84. The number of hydrogen-bond donors (Lipinski definition) is 1. The maximum absolute atomic E-state index is 12.3.